The Morgan fingerprint density at radius 3 is 2.48 bits per heavy atom. The summed E-state index contributed by atoms with van der Waals surface area (Å²) in [7, 11) is 0. The molecule has 2 fully saturated rings. The summed E-state index contributed by atoms with van der Waals surface area (Å²) in [5.41, 5.74) is 2.32. The van der Waals surface area contributed by atoms with E-state index >= 15 is 0 Å². The van der Waals surface area contributed by atoms with Crippen LogP contribution in [0.15, 0.2) is 54.6 Å². The topological polar surface area (TPSA) is 20.3 Å². The molecule has 0 bridgehead atoms. The summed E-state index contributed by atoms with van der Waals surface area (Å²) in [6.45, 7) is 0.852. The minimum atomic E-state index is -0.221. The van der Waals surface area contributed by atoms with Crippen LogP contribution in [0, 0.1) is 11.7 Å². The highest BCUT2D eigenvalue weighted by Gasteiger charge is 2.47. The number of hydrogen-bond donors (Lipinski definition) is 0. The number of nitrogens with zero attached hydrogens (tertiary/aromatic N) is 1. The number of hydrogen-bond acceptors (Lipinski definition) is 1. The molecular weight excluding hydrogens is 289 g/mol. The van der Waals surface area contributed by atoms with Crippen molar-refractivity contribution in [2.45, 2.75) is 31.2 Å². The van der Waals surface area contributed by atoms with Crippen molar-refractivity contribution >= 4 is 5.91 Å². The van der Waals surface area contributed by atoms with Gasteiger partial charge in [0.15, 0.2) is 0 Å². The summed E-state index contributed by atoms with van der Waals surface area (Å²) in [5.74, 6) is 0.386. The minimum Gasteiger partial charge on any atom is -0.335 e. The highest BCUT2D eigenvalue weighted by Crippen LogP contribution is 2.50. The average Bonchev–Trinajstić information content (AvgIpc) is 3.23. The zero-order valence-corrected chi connectivity index (χ0v) is 13.0. The molecule has 1 aliphatic carbocycles. The number of likely N-dealkylation sites (tertiary alicyclic amines) is 1. The Morgan fingerprint density at radius 2 is 1.74 bits per heavy atom. The van der Waals surface area contributed by atoms with E-state index in [1.54, 1.807) is 0 Å². The number of carbonyl (C=O) groups excluding carboxylic acids is 1. The lowest BCUT2D eigenvalue weighted by atomic mass is 10.0. The Kier molecular flexibility index (Phi) is 3.64. The van der Waals surface area contributed by atoms with Gasteiger partial charge >= 0.3 is 0 Å². The molecule has 4 rings (SSSR count). The van der Waals surface area contributed by atoms with Gasteiger partial charge in [-0.3, -0.25) is 4.79 Å². The molecular formula is C20H20FNO. The van der Waals surface area contributed by atoms with Gasteiger partial charge < -0.3 is 4.90 Å². The molecule has 3 atom stereocenters. The molecule has 1 amide bonds. The Balaban J connectivity index is 1.48. The smallest absolute Gasteiger partial charge is 0.226 e. The van der Waals surface area contributed by atoms with Crippen molar-refractivity contribution in [2.75, 3.05) is 6.54 Å². The van der Waals surface area contributed by atoms with Crippen LogP contribution >= 0.6 is 0 Å². The van der Waals surface area contributed by atoms with E-state index in [2.05, 4.69) is 17.0 Å². The van der Waals surface area contributed by atoms with E-state index in [1.165, 1.54) is 17.7 Å². The van der Waals surface area contributed by atoms with Crippen LogP contribution in [0.1, 0.15) is 42.3 Å². The molecule has 1 aliphatic heterocycles. The first kappa shape index (κ1) is 14.4. The molecule has 2 aromatic rings. The second-order valence-corrected chi connectivity index (χ2v) is 6.60. The van der Waals surface area contributed by atoms with Crippen molar-refractivity contribution in [3.63, 3.8) is 0 Å². The van der Waals surface area contributed by atoms with Crippen LogP contribution in [0.2, 0.25) is 0 Å². The lowest BCUT2D eigenvalue weighted by Gasteiger charge is -2.25. The normalized spacial score (nSPS) is 26.3. The van der Waals surface area contributed by atoms with E-state index in [4.69, 9.17) is 0 Å². The Labute approximate surface area is 135 Å². The zero-order valence-electron chi connectivity index (χ0n) is 13.0. The number of halogens is 1. The van der Waals surface area contributed by atoms with Crippen molar-refractivity contribution in [1.29, 1.82) is 0 Å². The van der Waals surface area contributed by atoms with Crippen LogP contribution in [-0.4, -0.2) is 17.4 Å². The van der Waals surface area contributed by atoms with Gasteiger partial charge in [0.2, 0.25) is 5.91 Å². The Morgan fingerprint density at radius 1 is 1.00 bits per heavy atom. The summed E-state index contributed by atoms with van der Waals surface area (Å²) in [6, 6.07) is 17.1. The zero-order chi connectivity index (χ0) is 15.8. The molecule has 1 saturated heterocycles. The summed E-state index contributed by atoms with van der Waals surface area (Å²) < 4.78 is 13.0. The molecule has 3 heteroatoms. The third kappa shape index (κ3) is 2.76. The summed E-state index contributed by atoms with van der Waals surface area (Å²) in [4.78, 5) is 15.0. The molecule has 0 N–H and O–H groups in total. The Bertz CT molecular complexity index is 697. The van der Waals surface area contributed by atoms with Crippen molar-refractivity contribution in [3.05, 3.63) is 71.5 Å². The van der Waals surface area contributed by atoms with Crippen LogP contribution in [0.25, 0.3) is 0 Å². The largest absolute Gasteiger partial charge is 0.335 e. The SMILES string of the molecule is O=C([C@@H]1C[C@@H]1c1ccc(F)cc1)N1CCC[C@H]1c1ccccc1. The number of carbonyl (C=O) groups is 1. The fourth-order valence-corrected chi connectivity index (χ4v) is 3.81. The van der Waals surface area contributed by atoms with Gasteiger partial charge in [0, 0.05) is 12.5 Å². The molecule has 2 aliphatic rings. The molecule has 1 heterocycles. The first-order valence-corrected chi connectivity index (χ1v) is 8.35. The average molecular weight is 309 g/mol. The van der Waals surface area contributed by atoms with Crippen LogP contribution in [-0.2, 0) is 4.79 Å². The quantitative estimate of drug-likeness (QED) is 0.828. The van der Waals surface area contributed by atoms with E-state index in [-0.39, 0.29) is 29.6 Å². The van der Waals surface area contributed by atoms with Gasteiger partial charge in [-0.2, -0.15) is 0 Å². The van der Waals surface area contributed by atoms with E-state index in [9.17, 15) is 9.18 Å². The predicted octanol–water partition coefficient (Wildman–Crippen LogP) is 4.29. The van der Waals surface area contributed by atoms with Crippen LogP contribution < -0.4 is 0 Å². The van der Waals surface area contributed by atoms with E-state index in [1.807, 2.05) is 30.3 Å². The van der Waals surface area contributed by atoms with Gasteiger partial charge in [0.25, 0.3) is 0 Å². The number of rotatable bonds is 3. The van der Waals surface area contributed by atoms with Gasteiger partial charge in [0.05, 0.1) is 6.04 Å². The highest BCUT2D eigenvalue weighted by atomic mass is 19.1. The molecule has 0 spiro atoms. The molecule has 118 valence electrons. The van der Waals surface area contributed by atoms with E-state index in [0.29, 0.717) is 0 Å². The van der Waals surface area contributed by atoms with Crippen molar-refractivity contribution in [2.24, 2.45) is 5.92 Å². The molecule has 0 unspecified atom stereocenters. The summed E-state index contributed by atoms with van der Waals surface area (Å²) in [5, 5.41) is 0. The first-order valence-electron chi connectivity index (χ1n) is 8.35. The van der Waals surface area contributed by atoms with Crippen molar-refractivity contribution < 1.29 is 9.18 Å². The predicted molar refractivity (Wildman–Crippen MR) is 87.4 cm³/mol. The van der Waals surface area contributed by atoms with Gasteiger partial charge in [-0.15, -0.1) is 0 Å². The van der Waals surface area contributed by atoms with E-state index in [0.717, 1.165) is 31.4 Å². The monoisotopic (exact) mass is 309 g/mol. The van der Waals surface area contributed by atoms with Gasteiger partial charge in [-0.05, 0) is 48.4 Å². The maximum atomic E-state index is 13.0. The molecule has 0 aromatic heterocycles. The standard InChI is InChI=1S/C20H20FNO/c21-16-10-8-14(9-11-16)17-13-18(17)20(23)22-12-4-7-19(22)15-5-2-1-3-6-15/h1-3,5-6,8-11,17-19H,4,7,12-13H2/t17-,18-,19+/m1/s1. The van der Waals surface area contributed by atoms with Gasteiger partial charge in [-0.25, -0.2) is 4.39 Å². The maximum absolute atomic E-state index is 13.0. The first-order chi connectivity index (χ1) is 11.2. The molecule has 1 saturated carbocycles. The van der Waals surface area contributed by atoms with Crippen molar-refractivity contribution in [1.82, 2.24) is 4.90 Å². The summed E-state index contributed by atoms with van der Waals surface area (Å²) >= 11 is 0. The third-order valence-corrected chi connectivity index (χ3v) is 5.13. The minimum absolute atomic E-state index is 0.0739. The lowest BCUT2D eigenvalue weighted by Crippen LogP contribution is -2.32. The molecule has 23 heavy (non-hydrogen) atoms. The van der Waals surface area contributed by atoms with Crippen LogP contribution in [0.4, 0.5) is 4.39 Å². The second kappa shape index (κ2) is 5.80. The van der Waals surface area contributed by atoms with Crippen LogP contribution in [0.3, 0.4) is 0 Å². The van der Waals surface area contributed by atoms with Gasteiger partial charge in [0.1, 0.15) is 5.82 Å². The van der Waals surface area contributed by atoms with Crippen LogP contribution in [0.5, 0.6) is 0 Å². The van der Waals surface area contributed by atoms with Crippen molar-refractivity contribution in [3.8, 4) is 0 Å². The highest BCUT2D eigenvalue weighted by molar-refractivity contribution is 5.83. The molecule has 2 nitrogen and oxygen atoms in total. The Hall–Kier alpha value is -2.16. The third-order valence-electron chi connectivity index (χ3n) is 5.13. The lowest BCUT2D eigenvalue weighted by molar-refractivity contribution is -0.133. The summed E-state index contributed by atoms with van der Waals surface area (Å²) in [6.07, 6.45) is 3.01. The molecule has 2 aromatic carbocycles. The molecule has 0 radical (unpaired) electrons. The number of benzene rings is 2. The van der Waals surface area contributed by atoms with Gasteiger partial charge in [-0.1, -0.05) is 42.5 Å². The fourth-order valence-electron chi connectivity index (χ4n) is 3.81. The number of amides is 1. The maximum Gasteiger partial charge on any atom is 0.226 e. The fraction of sp³-hybridized carbons (Fsp3) is 0.350. The second-order valence-electron chi connectivity index (χ2n) is 6.60. The van der Waals surface area contributed by atoms with E-state index < -0.39 is 0 Å².